The summed E-state index contributed by atoms with van der Waals surface area (Å²) in [6, 6.07) is 0. The quantitative estimate of drug-likeness (QED) is 0.884. The summed E-state index contributed by atoms with van der Waals surface area (Å²) in [6.45, 7) is 10.7. The average molecular weight is 262 g/mol. The Labute approximate surface area is 116 Å². The molecule has 1 atom stereocenters. The number of aryl methyl sites for hydroxylation is 2. The van der Waals surface area contributed by atoms with Crippen LogP contribution in [0.5, 0.6) is 0 Å². The molecule has 0 spiro atoms. The summed E-state index contributed by atoms with van der Waals surface area (Å²) in [7, 11) is 0. The minimum atomic E-state index is 0.740. The summed E-state index contributed by atoms with van der Waals surface area (Å²) in [4.78, 5) is 11.6. The van der Waals surface area contributed by atoms with Crippen molar-refractivity contribution in [3.63, 3.8) is 0 Å². The maximum absolute atomic E-state index is 4.70. The summed E-state index contributed by atoms with van der Waals surface area (Å²) in [5, 5.41) is 3.49. The second-order valence-corrected chi connectivity index (χ2v) is 5.56. The largest absolute Gasteiger partial charge is 0.355 e. The van der Waals surface area contributed by atoms with E-state index < -0.39 is 0 Å². The highest BCUT2D eigenvalue weighted by atomic mass is 15.2. The molecule has 0 amide bonds. The van der Waals surface area contributed by atoms with Gasteiger partial charge in [-0.3, -0.25) is 4.98 Å². The third-order valence-electron chi connectivity index (χ3n) is 3.87. The molecule has 1 N–H and O–H groups in total. The van der Waals surface area contributed by atoms with Gasteiger partial charge in [-0.25, -0.2) is 4.98 Å². The molecule has 0 aliphatic carbocycles. The second-order valence-electron chi connectivity index (χ2n) is 5.56. The van der Waals surface area contributed by atoms with Gasteiger partial charge in [0.05, 0.1) is 17.6 Å². The zero-order chi connectivity index (χ0) is 13.7. The van der Waals surface area contributed by atoms with E-state index in [4.69, 9.17) is 4.98 Å². The van der Waals surface area contributed by atoms with Crippen LogP contribution in [0.15, 0.2) is 6.20 Å². The van der Waals surface area contributed by atoms with Crippen LogP contribution in [0.25, 0.3) is 0 Å². The van der Waals surface area contributed by atoms with Crippen molar-refractivity contribution >= 4 is 5.82 Å². The first-order valence-corrected chi connectivity index (χ1v) is 7.46. The maximum atomic E-state index is 4.70. The number of rotatable bonds is 5. The van der Waals surface area contributed by atoms with Crippen LogP contribution in [0.1, 0.15) is 37.6 Å². The first-order valence-electron chi connectivity index (χ1n) is 7.46. The zero-order valence-corrected chi connectivity index (χ0v) is 12.4. The van der Waals surface area contributed by atoms with E-state index in [1.165, 1.54) is 19.4 Å². The van der Waals surface area contributed by atoms with Gasteiger partial charge < -0.3 is 10.2 Å². The van der Waals surface area contributed by atoms with Crippen LogP contribution in [0.4, 0.5) is 5.82 Å². The van der Waals surface area contributed by atoms with E-state index in [1.807, 2.05) is 20.0 Å². The number of nitrogens with one attached hydrogen (secondary N) is 1. The molecule has 0 bridgehead atoms. The van der Waals surface area contributed by atoms with Crippen LogP contribution in [-0.4, -0.2) is 36.1 Å². The summed E-state index contributed by atoms with van der Waals surface area (Å²) in [5.74, 6) is 1.78. The summed E-state index contributed by atoms with van der Waals surface area (Å²) in [6.07, 6.45) is 5.69. The van der Waals surface area contributed by atoms with Crippen LogP contribution < -0.4 is 10.2 Å². The van der Waals surface area contributed by atoms with E-state index in [1.54, 1.807) is 0 Å². The Bertz CT molecular complexity index is 399. The molecule has 2 heterocycles. The van der Waals surface area contributed by atoms with E-state index in [0.717, 1.165) is 49.2 Å². The highest BCUT2D eigenvalue weighted by Gasteiger charge is 2.18. The second kappa shape index (κ2) is 6.85. The van der Waals surface area contributed by atoms with Crippen LogP contribution in [-0.2, 0) is 0 Å². The number of nitrogens with zero attached hydrogens (tertiary/aromatic N) is 3. The Balaban J connectivity index is 2.07. The van der Waals surface area contributed by atoms with Crippen molar-refractivity contribution < 1.29 is 0 Å². The average Bonchev–Trinajstić information content (AvgIpc) is 2.43. The van der Waals surface area contributed by atoms with Crippen molar-refractivity contribution in [2.45, 2.75) is 40.0 Å². The Morgan fingerprint density at radius 2 is 2.21 bits per heavy atom. The van der Waals surface area contributed by atoms with Crippen molar-refractivity contribution in [1.82, 2.24) is 15.3 Å². The van der Waals surface area contributed by atoms with E-state index in [-0.39, 0.29) is 0 Å². The molecule has 0 aromatic carbocycles. The lowest BCUT2D eigenvalue weighted by atomic mass is 9.99. The first kappa shape index (κ1) is 14.3. The van der Waals surface area contributed by atoms with Crippen molar-refractivity contribution in [2.75, 3.05) is 31.1 Å². The molecule has 1 fully saturated rings. The third kappa shape index (κ3) is 3.90. The number of anilines is 1. The van der Waals surface area contributed by atoms with E-state index >= 15 is 0 Å². The van der Waals surface area contributed by atoms with Gasteiger partial charge in [0.1, 0.15) is 5.82 Å². The Morgan fingerprint density at radius 1 is 1.37 bits per heavy atom. The fraction of sp³-hybridized carbons (Fsp3) is 0.733. The molecular weight excluding hydrogens is 236 g/mol. The van der Waals surface area contributed by atoms with Gasteiger partial charge >= 0.3 is 0 Å². The number of hydrogen-bond donors (Lipinski definition) is 1. The Kier molecular flexibility index (Phi) is 5.14. The molecule has 1 aromatic heterocycles. The number of hydrogen-bond acceptors (Lipinski definition) is 4. The molecule has 4 heteroatoms. The zero-order valence-electron chi connectivity index (χ0n) is 12.4. The molecule has 0 saturated carbocycles. The van der Waals surface area contributed by atoms with Crippen molar-refractivity contribution in [3.05, 3.63) is 17.6 Å². The molecule has 2 rings (SSSR count). The van der Waals surface area contributed by atoms with Crippen LogP contribution in [0.2, 0.25) is 0 Å². The predicted octanol–water partition coefficient (Wildman–Crippen LogP) is 2.31. The predicted molar refractivity (Wildman–Crippen MR) is 79.6 cm³/mol. The van der Waals surface area contributed by atoms with Gasteiger partial charge in [0.2, 0.25) is 0 Å². The first-order chi connectivity index (χ1) is 9.20. The lowest BCUT2D eigenvalue weighted by molar-refractivity contribution is 0.376. The molecular formula is C15H26N4. The standard InChI is InChI=1S/C15H26N4/c1-4-8-19(11-14-6-5-7-16-9-14)15-10-17-12(2)13(3)18-15/h10,14,16H,4-9,11H2,1-3H3. The van der Waals surface area contributed by atoms with Crippen molar-refractivity contribution in [1.29, 1.82) is 0 Å². The normalized spacial score (nSPS) is 19.4. The minimum absolute atomic E-state index is 0.740. The fourth-order valence-electron chi connectivity index (χ4n) is 2.64. The van der Waals surface area contributed by atoms with E-state index in [0.29, 0.717) is 0 Å². The molecule has 0 radical (unpaired) electrons. The van der Waals surface area contributed by atoms with Gasteiger partial charge in [-0.05, 0) is 52.1 Å². The molecule has 1 aliphatic heterocycles. The Hall–Kier alpha value is -1.16. The molecule has 1 aliphatic rings. The summed E-state index contributed by atoms with van der Waals surface area (Å²) < 4.78 is 0. The summed E-state index contributed by atoms with van der Waals surface area (Å²) >= 11 is 0. The van der Waals surface area contributed by atoms with E-state index in [9.17, 15) is 0 Å². The molecule has 4 nitrogen and oxygen atoms in total. The highest BCUT2D eigenvalue weighted by molar-refractivity contribution is 5.37. The molecule has 106 valence electrons. The van der Waals surface area contributed by atoms with Gasteiger partial charge in [-0.2, -0.15) is 0 Å². The molecule has 1 aromatic rings. The van der Waals surface area contributed by atoms with Crippen molar-refractivity contribution in [2.24, 2.45) is 5.92 Å². The fourth-order valence-corrected chi connectivity index (χ4v) is 2.64. The van der Waals surface area contributed by atoms with Crippen LogP contribution in [0.3, 0.4) is 0 Å². The molecule has 1 saturated heterocycles. The van der Waals surface area contributed by atoms with Gasteiger partial charge in [0, 0.05) is 13.1 Å². The lowest BCUT2D eigenvalue weighted by Gasteiger charge is -2.30. The smallest absolute Gasteiger partial charge is 0.147 e. The monoisotopic (exact) mass is 262 g/mol. The lowest BCUT2D eigenvalue weighted by Crippen LogP contribution is -2.39. The van der Waals surface area contributed by atoms with Gasteiger partial charge in [0.25, 0.3) is 0 Å². The topological polar surface area (TPSA) is 41.0 Å². The van der Waals surface area contributed by atoms with Gasteiger partial charge in [0.15, 0.2) is 0 Å². The maximum Gasteiger partial charge on any atom is 0.147 e. The minimum Gasteiger partial charge on any atom is -0.355 e. The van der Waals surface area contributed by atoms with Crippen molar-refractivity contribution in [3.8, 4) is 0 Å². The highest BCUT2D eigenvalue weighted by Crippen LogP contribution is 2.17. The molecule has 19 heavy (non-hydrogen) atoms. The van der Waals surface area contributed by atoms with Crippen LogP contribution >= 0.6 is 0 Å². The third-order valence-corrected chi connectivity index (χ3v) is 3.87. The van der Waals surface area contributed by atoms with Gasteiger partial charge in [-0.1, -0.05) is 6.92 Å². The SMILES string of the molecule is CCCN(CC1CCCNC1)c1cnc(C)c(C)n1. The van der Waals surface area contributed by atoms with Crippen LogP contribution in [0, 0.1) is 19.8 Å². The molecule has 1 unspecified atom stereocenters. The number of aromatic nitrogens is 2. The van der Waals surface area contributed by atoms with E-state index in [2.05, 4.69) is 22.1 Å². The number of piperidine rings is 1. The summed E-state index contributed by atoms with van der Waals surface area (Å²) in [5.41, 5.74) is 2.07. The Morgan fingerprint density at radius 3 is 2.84 bits per heavy atom. The van der Waals surface area contributed by atoms with Gasteiger partial charge in [-0.15, -0.1) is 0 Å².